The van der Waals surface area contributed by atoms with Gasteiger partial charge in [0.25, 0.3) is 0 Å². The molecule has 0 aromatic heterocycles. The van der Waals surface area contributed by atoms with Crippen LogP contribution in [0.1, 0.15) is 33.1 Å². The third-order valence-corrected chi connectivity index (χ3v) is 3.02. The van der Waals surface area contributed by atoms with Gasteiger partial charge in [0, 0.05) is 13.1 Å². The molecule has 0 rings (SSSR count). The number of aliphatic hydroxyl groups is 2. The lowest BCUT2D eigenvalue weighted by Gasteiger charge is -2.27. The van der Waals surface area contributed by atoms with Gasteiger partial charge in [0.2, 0.25) is 0 Å². The van der Waals surface area contributed by atoms with Gasteiger partial charge in [0.15, 0.2) is 0 Å². The molecule has 0 aliphatic rings. The summed E-state index contributed by atoms with van der Waals surface area (Å²) in [6.07, 6.45) is 5.22. The zero-order valence-corrected chi connectivity index (χ0v) is 11.2. The predicted octanol–water partition coefficient (Wildman–Crippen LogP) is 2.17. The lowest BCUT2D eigenvalue weighted by atomic mass is 9.99. The normalized spacial score (nSPS) is 16.0. The van der Waals surface area contributed by atoms with E-state index < -0.39 is 0 Å². The number of hydrogen-bond acceptors (Lipinski definition) is 3. The van der Waals surface area contributed by atoms with Crippen LogP contribution in [0.25, 0.3) is 0 Å². The van der Waals surface area contributed by atoms with E-state index in [4.69, 9.17) is 0 Å². The highest BCUT2D eigenvalue weighted by Gasteiger charge is 2.14. The Morgan fingerprint density at radius 1 is 1.06 bits per heavy atom. The van der Waals surface area contributed by atoms with Crippen molar-refractivity contribution in [1.82, 2.24) is 4.90 Å². The quantitative estimate of drug-likeness (QED) is 0.576. The van der Waals surface area contributed by atoms with E-state index in [1.807, 2.05) is 24.8 Å². The van der Waals surface area contributed by atoms with Crippen LogP contribution >= 0.6 is 0 Å². The highest BCUT2D eigenvalue weighted by Crippen LogP contribution is 2.13. The Balaban J connectivity index is 4.21. The monoisotopic (exact) mass is 241 g/mol. The topological polar surface area (TPSA) is 43.7 Å². The molecular formula is C14H27NO2. The van der Waals surface area contributed by atoms with Crippen LogP contribution in [0.4, 0.5) is 0 Å². The van der Waals surface area contributed by atoms with Gasteiger partial charge in [-0.1, -0.05) is 26.5 Å². The standard InChI is InChI=1S/C14H27NO2/c1-5-12(9-13(16)6-2)10-15(8-4)11-14(17)7-3/h5,8,12-14,16-17H,1,4,6-7,9-11H2,2-3H3. The summed E-state index contributed by atoms with van der Waals surface area (Å²) in [6.45, 7) is 12.8. The van der Waals surface area contributed by atoms with Crippen LogP contribution in [0.2, 0.25) is 0 Å². The van der Waals surface area contributed by atoms with Crippen LogP contribution in [0.15, 0.2) is 25.4 Å². The zero-order valence-electron chi connectivity index (χ0n) is 11.2. The van der Waals surface area contributed by atoms with E-state index in [0.29, 0.717) is 13.0 Å². The van der Waals surface area contributed by atoms with Gasteiger partial charge in [-0.05, 0) is 31.4 Å². The first-order valence-electron chi connectivity index (χ1n) is 6.42. The summed E-state index contributed by atoms with van der Waals surface area (Å²) in [6, 6.07) is 0. The fourth-order valence-corrected chi connectivity index (χ4v) is 1.69. The van der Waals surface area contributed by atoms with E-state index in [1.165, 1.54) is 0 Å². The van der Waals surface area contributed by atoms with E-state index in [2.05, 4.69) is 13.2 Å². The molecule has 100 valence electrons. The molecule has 0 aromatic carbocycles. The molecule has 0 spiro atoms. The van der Waals surface area contributed by atoms with Crippen molar-refractivity contribution in [2.24, 2.45) is 5.92 Å². The Kier molecular flexibility index (Phi) is 8.82. The molecule has 0 aromatic rings. The third-order valence-electron chi connectivity index (χ3n) is 3.02. The molecule has 0 radical (unpaired) electrons. The van der Waals surface area contributed by atoms with Crippen LogP contribution in [0.3, 0.4) is 0 Å². The van der Waals surface area contributed by atoms with Crippen molar-refractivity contribution in [2.45, 2.75) is 45.3 Å². The molecule has 17 heavy (non-hydrogen) atoms. The van der Waals surface area contributed by atoms with E-state index in [1.54, 1.807) is 6.20 Å². The minimum atomic E-state index is -0.324. The molecule has 0 heterocycles. The van der Waals surface area contributed by atoms with Crippen molar-refractivity contribution in [3.8, 4) is 0 Å². The molecule has 0 bridgehead atoms. The molecule has 0 saturated heterocycles. The second kappa shape index (κ2) is 9.25. The molecular weight excluding hydrogens is 214 g/mol. The van der Waals surface area contributed by atoms with Crippen LogP contribution in [-0.2, 0) is 0 Å². The van der Waals surface area contributed by atoms with Crippen LogP contribution in [0.5, 0.6) is 0 Å². The fraction of sp³-hybridized carbons (Fsp3) is 0.714. The molecule has 0 saturated carbocycles. The summed E-state index contributed by atoms with van der Waals surface area (Å²) in [5, 5.41) is 19.2. The first-order chi connectivity index (χ1) is 8.07. The maximum absolute atomic E-state index is 9.63. The average molecular weight is 241 g/mol. The van der Waals surface area contributed by atoms with Gasteiger partial charge < -0.3 is 15.1 Å². The first-order valence-corrected chi connectivity index (χ1v) is 6.42. The van der Waals surface area contributed by atoms with Crippen LogP contribution < -0.4 is 0 Å². The number of rotatable bonds is 10. The maximum atomic E-state index is 9.63. The maximum Gasteiger partial charge on any atom is 0.0712 e. The van der Waals surface area contributed by atoms with Crippen molar-refractivity contribution in [3.05, 3.63) is 25.4 Å². The second-order valence-electron chi connectivity index (χ2n) is 4.49. The Morgan fingerprint density at radius 3 is 2.06 bits per heavy atom. The minimum absolute atomic E-state index is 0.229. The molecule has 0 aliphatic heterocycles. The minimum Gasteiger partial charge on any atom is -0.393 e. The van der Waals surface area contributed by atoms with E-state index in [9.17, 15) is 10.2 Å². The van der Waals surface area contributed by atoms with Gasteiger partial charge in [0.1, 0.15) is 0 Å². The lowest BCUT2D eigenvalue weighted by molar-refractivity contribution is 0.112. The molecule has 3 atom stereocenters. The van der Waals surface area contributed by atoms with Crippen molar-refractivity contribution >= 4 is 0 Å². The van der Waals surface area contributed by atoms with Crippen LogP contribution in [-0.4, -0.2) is 40.4 Å². The number of aliphatic hydroxyl groups excluding tert-OH is 2. The fourth-order valence-electron chi connectivity index (χ4n) is 1.69. The second-order valence-corrected chi connectivity index (χ2v) is 4.49. The number of hydrogen-bond donors (Lipinski definition) is 2. The lowest BCUT2D eigenvalue weighted by Crippen LogP contribution is -2.32. The summed E-state index contributed by atoms with van der Waals surface area (Å²) in [5.74, 6) is 0.229. The summed E-state index contributed by atoms with van der Waals surface area (Å²) in [7, 11) is 0. The van der Waals surface area contributed by atoms with E-state index in [0.717, 1.165) is 19.4 Å². The largest absolute Gasteiger partial charge is 0.393 e. The SMILES string of the molecule is C=CC(CC(O)CC)CN(C=C)CC(O)CC. The molecule has 0 fully saturated rings. The smallest absolute Gasteiger partial charge is 0.0712 e. The summed E-state index contributed by atoms with van der Waals surface area (Å²) in [4.78, 5) is 1.99. The van der Waals surface area contributed by atoms with Gasteiger partial charge in [-0.2, -0.15) is 0 Å². The van der Waals surface area contributed by atoms with Gasteiger partial charge in [-0.3, -0.25) is 0 Å². The predicted molar refractivity (Wildman–Crippen MR) is 72.7 cm³/mol. The number of nitrogens with zero attached hydrogens (tertiary/aromatic N) is 1. The molecule has 3 unspecified atom stereocenters. The average Bonchev–Trinajstić information content (AvgIpc) is 2.36. The van der Waals surface area contributed by atoms with Crippen molar-refractivity contribution < 1.29 is 10.2 Å². The molecule has 3 heteroatoms. The van der Waals surface area contributed by atoms with Crippen molar-refractivity contribution in [3.63, 3.8) is 0 Å². The van der Waals surface area contributed by atoms with Crippen LogP contribution in [0, 0.1) is 5.92 Å². The zero-order chi connectivity index (χ0) is 13.3. The van der Waals surface area contributed by atoms with E-state index in [-0.39, 0.29) is 18.1 Å². The molecule has 3 nitrogen and oxygen atoms in total. The highest BCUT2D eigenvalue weighted by molar-refractivity contribution is 4.86. The first kappa shape index (κ1) is 16.2. The Bertz CT molecular complexity index is 196. The molecule has 0 amide bonds. The molecule has 2 N–H and O–H groups in total. The Labute approximate surface area is 105 Å². The van der Waals surface area contributed by atoms with Gasteiger partial charge in [-0.25, -0.2) is 0 Å². The van der Waals surface area contributed by atoms with Crippen molar-refractivity contribution in [2.75, 3.05) is 13.1 Å². The van der Waals surface area contributed by atoms with Gasteiger partial charge in [-0.15, -0.1) is 6.58 Å². The molecule has 0 aliphatic carbocycles. The highest BCUT2D eigenvalue weighted by atomic mass is 16.3. The summed E-state index contributed by atoms with van der Waals surface area (Å²) in [5.41, 5.74) is 0. The summed E-state index contributed by atoms with van der Waals surface area (Å²) >= 11 is 0. The van der Waals surface area contributed by atoms with E-state index >= 15 is 0 Å². The van der Waals surface area contributed by atoms with Gasteiger partial charge >= 0.3 is 0 Å². The Hall–Kier alpha value is -0.800. The van der Waals surface area contributed by atoms with Gasteiger partial charge in [0.05, 0.1) is 12.2 Å². The Morgan fingerprint density at radius 2 is 1.65 bits per heavy atom. The summed E-state index contributed by atoms with van der Waals surface area (Å²) < 4.78 is 0. The van der Waals surface area contributed by atoms with Crippen molar-refractivity contribution in [1.29, 1.82) is 0 Å². The third kappa shape index (κ3) is 7.18.